The van der Waals surface area contributed by atoms with E-state index in [9.17, 15) is 9.59 Å². The molecule has 0 amide bonds. The fourth-order valence-corrected chi connectivity index (χ4v) is 3.73. The van der Waals surface area contributed by atoms with Crippen molar-refractivity contribution in [1.82, 2.24) is 15.0 Å². The second kappa shape index (κ2) is 9.50. The Morgan fingerprint density at radius 3 is 2.12 bits per heavy atom. The lowest BCUT2D eigenvalue weighted by Gasteiger charge is -2.07. The second-order valence-corrected chi connectivity index (χ2v) is 7.88. The number of ether oxygens (including phenoxy) is 1. The van der Waals surface area contributed by atoms with E-state index in [0.29, 0.717) is 17.7 Å². The molecule has 0 aliphatic carbocycles. The first-order chi connectivity index (χ1) is 16.7. The molecule has 34 heavy (non-hydrogen) atoms. The van der Waals surface area contributed by atoms with Crippen molar-refractivity contribution in [2.75, 3.05) is 6.61 Å². The molecular formula is C28H21N3O3. The Hall–Kier alpha value is -4.58. The fraction of sp³-hybridized carbons (Fsp3) is 0.0714. The summed E-state index contributed by atoms with van der Waals surface area (Å²) in [6.45, 7) is 0.226. The Morgan fingerprint density at radius 2 is 1.35 bits per heavy atom. The summed E-state index contributed by atoms with van der Waals surface area (Å²) >= 11 is 0. The van der Waals surface area contributed by atoms with Crippen LogP contribution in [0.2, 0.25) is 0 Å². The topological polar surface area (TPSA) is 74.1 Å². The minimum Gasteiger partial charge on any atom is -0.454 e. The van der Waals surface area contributed by atoms with E-state index in [1.807, 2.05) is 83.5 Å². The van der Waals surface area contributed by atoms with Crippen molar-refractivity contribution in [3.8, 4) is 11.1 Å². The van der Waals surface area contributed by atoms with Gasteiger partial charge in [0.25, 0.3) is 0 Å². The van der Waals surface area contributed by atoms with Gasteiger partial charge in [0, 0.05) is 5.56 Å². The molecule has 0 atom stereocenters. The summed E-state index contributed by atoms with van der Waals surface area (Å²) in [5, 5.41) is 8.34. The van der Waals surface area contributed by atoms with Gasteiger partial charge in [0.15, 0.2) is 12.4 Å². The third kappa shape index (κ3) is 4.61. The Labute approximate surface area is 196 Å². The summed E-state index contributed by atoms with van der Waals surface area (Å²) in [6, 6.07) is 32.0. The van der Waals surface area contributed by atoms with Crippen LogP contribution in [0.5, 0.6) is 0 Å². The fourth-order valence-electron chi connectivity index (χ4n) is 3.73. The first kappa shape index (κ1) is 21.3. The van der Waals surface area contributed by atoms with E-state index in [1.54, 1.807) is 24.3 Å². The highest BCUT2D eigenvalue weighted by Gasteiger charge is 2.13. The number of fused-ring (bicyclic) bond motifs is 1. The number of nitrogens with zero attached hydrogens (tertiary/aromatic N) is 3. The molecule has 0 spiro atoms. The van der Waals surface area contributed by atoms with E-state index >= 15 is 0 Å². The van der Waals surface area contributed by atoms with Crippen molar-refractivity contribution in [2.24, 2.45) is 0 Å². The monoisotopic (exact) mass is 447 g/mol. The van der Waals surface area contributed by atoms with Crippen LogP contribution in [0.15, 0.2) is 103 Å². The van der Waals surface area contributed by atoms with E-state index in [0.717, 1.165) is 27.7 Å². The van der Waals surface area contributed by atoms with Crippen molar-refractivity contribution < 1.29 is 14.3 Å². The summed E-state index contributed by atoms with van der Waals surface area (Å²) in [6.07, 6.45) is 0. The molecule has 0 aliphatic heterocycles. The lowest BCUT2D eigenvalue weighted by atomic mass is 10.0. The van der Waals surface area contributed by atoms with Crippen LogP contribution in [-0.4, -0.2) is 33.4 Å². The minimum absolute atomic E-state index is 0.248. The van der Waals surface area contributed by atoms with Gasteiger partial charge in [-0.3, -0.25) is 4.79 Å². The first-order valence-electron chi connectivity index (χ1n) is 10.9. The maximum atomic E-state index is 12.5. The highest BCUT2D eigenvalue weighted by molar-refractivity contribution is 5.99. The summed E-state index contributed by atoms with van der Waals surface area (Å²) < 4.78 is 7.06. The standard InChI is InChI=1S/C28H21N3O3/c32-27(23-16-14-22(15-17-23)21-6-2-1-3-7-21)19-34-28(33)24-12-10-20(11-13-24)18-31-26-9-5-4-8-25(26)29-30-31/h1-17H,18-19H2. The van der Waals surface area contributed by atoms with Crippen molar-refractivity contribution in [1.29, 1.82) is 0 Å². The van der Waals surface area contributed by atoms with Gasteiger partial charge in [0.05, 0.1) is 17.6 Å². The molecule has 6 nitrogen and oxygen atoms in total. The molecule has 1 heterocycles. The van der Waals surface area contributed by atoms with E-state index in [4.69, 9.17) is 4.74 Å². The lowest BCUT2D eigenvalue weighted by molar-refractivity contribution is 0.0474. The van der Waals surface area contributed by atoms with Crippen molar-refractivity contribution in [3.63, 3.8) is 0 Å². The van der Waals surface area contributed by atoms with Gasteiger partial charge in [-0.05, 0) is 41.0 Å². The summed E-state index contributed by atoms with van der Waals surface area (Å²) in [4.78, 5) is 24.9. The molecule has 0 fully saturated rings. The highest BCUT2D eigenvalue weighted by atomic mass is 16.5. The average Bonchev–Trinajstić information content (AvgIpc) is 3.31. The average molecular weight is 447 g/mol. The van der Waals surface area contributed by atoms with E-state index in [2.05, 4.69) is 10.3 Å². The van der Waals surface area contributed by atoms with Crippen LogP contribution in [-0.2, 0) is 11.3 Å². The highest BCUT2D eigenvalue weighted by Crippen LogP contribution is 2.19. The molecule has 1 aromatic heterocycles. The molecule has 0 N–H and O–H groups in total. The molecule has 5 rings (SSSR count). The SMILES string of the molecule is O=C(COC(=O)c1ccc(Cn2nnc3ccccc32)cc1)c1ccc(-c2ccccc2)cc1. The molecule has 0 saturated carbocycles. The quantitative estimate of drug-likeness (QED) is 0.254. The van der Waals surface area contributed by atoms with Gasteiger partial charge in [-0.15, -0.1) is 5.10 Å². The van der Waals surface area contributed by atoms with Gasteiger partial charge in [-0.25, -0.2) is 9.48 Å². The summed E-state index contributed by atoms with van der Waals surface area (Å²) in [5.74, 6) is -0.783. The number of rotatable bonds is 7. The number of carbonyl (C=O) groups excluding carboxylic acids is 2. The first-order valence-corrected chi connectivity index (χ1v) is 10.9. The van der Waals surface area contributed by atoms with Crippen LogP contribution in [0, 0.1) is 0 Å². The zero-order chi connectivity index (χ0) is 23.3. The number of Topliss-reactive ketones (excluding diaryl/α,β-unsaturated/α-hetero) is 1. The smallest absolute Gasteiger partial charge is 0.338 e. The molecule has 0 saturated heterocycles. The number of benzene rings is 4. The Bertz CT molecular complexity index is 1440. The van der Waals surface area contributed by atoms with Gasteiger partial charge < -0.3 is 4.74 Å². The van der Waals surface area contributed by atoms with Gasteiger partial charge in [-0.2, -0.15) is 0 Å². The molecule has 4 aromatic carbocycles. The van der Waals surface area contributed by atoms with E-state index in [-0.39, 0.29) is 12.4 Å². The number of hydrogen-bond acceptors (Lipinski definition) is 5. The number of carbonyl (C=O) groups is 2. The largest absolute Gasteiger partial charge is 0.454 e. The summed E-state index contributed by atoms with van der Waals surface area (Å²) in [7, 11) is 0. The predicted molar refractivity (Wildman–Crippen MR) is 130 cm³/mol. The molecule has 6 heteroatoms. The minimum atomic E-state index is -0.535. The predicted octanol–water partition coefficient (Wildman–Crippen LogP) is 5.19. The Kier molecular flexibility index (Phi) is 5.95. The zero-order valence-corrected chi connectivity index (χ0v) is 18.3. The summed E-state index contributed by atoms with van der Waals surface area (Å²) in [5.41, 5.74) is 5.74. The normalized spacial score (nSPS) is 10.8. The van der Waals surface area contributed by atoms with Crippen LogP contribution in [0.1, 0.15) is 26.3 Å². The molecule has 0 unspecified atom stereocenters. The van der Waals surface area contributed by atoms with Crippen molar-refractivity contribution in [2.45, 2.75) is 6.54 Å². The van der Waals surface area contributed by atoms with Crippen molar-refractivity contribution >= 4 is 22.8 Å². The maximum absolute atomic E-state index is 12.5. The molecule has 0 aliphatic rings. The molecule has 5 aromatic rings. The Morgan fingerprint density at radius 1 is 0.706 bits per heavy atom. The number of para-hydroxylation sites is 1. The second-order valence-electron chi connectivity index (χ2n) is 7.88. The Balaban J connectivity index is 1.18. The van der Waals surface area contributed by atoms with Crippen LogP contribution in [0.4, 0.5) is 0 Å². The van der Waals surface area contributed by atoms with E-state index in [1.165, 1.54) is 0 Å². The number of aromatic nitrogens is 3. The third-order valence-electron chi connectivity index (χ3n) is 5.59. The molecule has 166 valence electrons. The van der Waals surface area contributed by atoms with Gasteiger partial charge in [-0.1, -0.05) is 84.1 Å². The third-order valence-corrected chi connectivity index (χ3v) is 5.59. The van der Waals surface area contributed by atoms with E-state index < -0.39 is 5.97 Å². The van der Waals surface area contributed by atoms with Gasteiger partial charge >= 0.3 is 5.97 Å². The molecule has 0 bridgehead atoms. The van der Waals surface area contributed by atoms with Crippen molar-refractivity contribution in [3.05, 3.63) is 120 Å². The zero-order valence-electron chi connectivity index (χ0n) is 18.3. The molecule has 0 radical (unpaired) electrons. The van der Waals surface area contributed by atoms with Crippen LogP contribution < -0.4 is 0 Å². The van der Waals surface area contributed by atoms with Crippen LogP contribution in [0.25, 0.3) is 22.2 Å². The number of ketones is 1. The van der Waals surface area contributed by atoms with Gasteiger partial charge in [0.2, 0.25) is 0 Å². The number of hydrogen-bond donors (Lipinski definition) is 0. The maximum Gasteiger partial charge on any atom is 0.338 e. The van der Waals surface area contributed by atoms with Crippen LogP contribution in [0.3, 0.4) is 0 Å². The van der Waals surface area contributed by atoms with Crippen LogP contribution >= 0.6 is 0 Å². The lowest BCUT2D eigenvalue weighted by Crippen LogP contribution is -2.14. The number of esters is 1. The molecular weight excluding hydrogens is 426 g/mol. The van der Waals surface area contributed by atoms with Gasteiger partial charge in [0.1, 0.15) is 5.52 Å².